The van der Waals surface area contributed by atoms with Gasteiger partial charge in [-0.05, 0) is 38.1 Å². The smallest absolute Gasteiger partial charge is 0.228 e. The third-order valence-electron chi connectivity index (χ3n) is 5.36. The molecule has 0 aromatic heterocycles. The van der Waals surface area contributed by atoms with Crippen LogP contribution in [0.2, 0.25) is 0 Å². The van der Waals surface area contributed by atoms with Gasteiger partial charge in [-0.2, -0.15) is 0 Å². The first-order valence-corrected chi connectivity index (χ1v) is 9.05. The van der Waals surface area contributed by atoms with Crippen molar-refractivity contribution in [3.05, 3.63) is 18.2 Å². The van der Waals surface area contributed by atoms with E-state index in [0.29, 0.717) is 23.7 Å². The van der Waals surface area contributed by atoms with E-state index in [4.69, 9.17) is 9.47 Å². The van der Waals surface area contributed by atoms with Crippen molar-refractivity contribution in [2.45, 2.75) is 25.3 Å². The van der Waals surface area contributed by atoms with Crippen molar-refractivity contribution in [3.8, 4) is 11.5 Å². The Labute approximate surface area is 166 Å². The number of hydrogen-bond donors (Lipinski definition) is 1. The van der Waals surface area contributed by atoms with Crippen LogP contribution in [-0.2, 0) is 9.59 Å². The summed E-state index contributed by atoms with van der Waals surface area (Å²) in [5.74, 6) is 0.924. The van der Waals surface area contributed by atoms with Gasteiger partial charge in [0, 0.05) is 32.1 Å². The molecule has 150 valence electrons. The van der Waals surface area contributed by atoms with Gasteiger partial charge in [-0.15, -0.1) is 12.4 Å². The van der Waals surface area contributed by atoms with E-state index < -0.39 is 0 Å². The Kier molecular flexibility index (Phi) is 7.33. The topological polar surface area (TPSA) is 71.1 Å². The van der Waals surface area contributed by atoms with Crippen LogP contribution in [0.25, 0.3) is 0 Å². The monoisotopic (exact) mass is 397 g/mol. The maximum Gasteiger partial charge on any atom is 0.228 e. The number of nitrogens with one attached hydrogen (secondary N) is 1. The minimum atomic E-state index is -0.311. The number of carbonyl (C=O) groups is 2. The maximum atomic E-state index is 12.9. The highest BCUT2D eigenvalue weighted by atomic mass is 35.5. The van der Waals surface area contributed by atoms with Crippen LogP contribution in [0.1, 0.15) is 19.3 Å². The number of anilines is 1. The number of ether oxygens (including phenoxy) is 2. The summed E-state index contributed by atoms with van der Waals surface area (Å²) in [5.41, 5.74) is 0.679. The molecule has 2 heterocycles. The molecule has 2 amide bonds. The third-order valence-corrected chi connectivity index (χ3v) is 5.36. The van der Waals surface area contributed by atoms with Crippen LogP contribution >= 0.6 is 12.4 Å². The molecule has 1 atom stereocenters. The van der Waals surface area contributed by atoms with Gasteiger partial charge in [-0.25, -0.2) is 0 Å². The molecule has 8 heteroatoms. The predicted molar refractivity (Wildman–Crippen MR) is 106 cm³/mol. The molecular formula is C19H28ClN3O4. The number of rotatable bonds is 5. The molecule has 2 fully saturated rings. The number of benzene rings is 1. The molecule has 27 heavy (non-hydrogen) atoms. The summed E-state index contributed by atoms with van der Waals surface area (Å²) in [6.45, 7) is 2.25. The lowest BCUT2D eigenvalue weighted by molar-refractivity contribution is -0.137. The number of halogens is 1. The Morgan fingerprint density at radius 2 is 1.93 bits per heavy atom. The van der Waals surface area contributed by atoms with Crippen LogP contribution < -0.4 is 19.7 Å². The highest BCUT2D eigenvalue weighted by Crippen LogP contribution is 2.36. The van der Waals surface area contributed by atoms with Crippen LogP contribution in [-0.4, -0.2) is 63.7 Å². The molecule has 0 aliphatic carbocycles. The molecule has 1 N–H and O–H groups in total. The van der Waals surface area contributed by atoms with Crippen molar-refractivity contribution in [2.24, 2.45) is 5.92 Å². The summed E-state index contributed by atoms with van der Waals surface area (Å²) >= 11 is 0. The first-order chi connectivity index (χ1) is 12.5. The lowest BCUT2D eigenvalue weighted by atomic mass is 10.0. The number of hydrogen-bond acceptors (Lipinski definition) is 5. The Balaban J connectivity index is 0.00000261. The molecule has 7 nitrogen and oxygen atoms in total. The van der Waals surface area contributed by atoms with Gasteiger partial charge in [0.1, 0.15) is 11.5 Å². The highest BCUT2D eigenvalue weighted by Gasteiger charge is 2.38. The second-order valence-corrected chi connectivity index (χ2v) is 6.87. The molecular weight excluding hydrogens is 370 g/mol. The molecule has 2 aliphatic heterocycles. The second kappa shape index (κ2) is 9.28. The van der Waals surface area contributed by atoms with Crippen molar-refractivity contribution in [1.82, 2.24) is 10.2 Å². The highest BCUT2D eigenvalue weighted by molar-refractivity contribution is 6.01. The molecule has 0 radical (unpaired) electrons. The Hall–Kier alpha value is -1.99. The average Bonchev–Trinajstić information content (AvgIpc) is 3.08. The summed E-state index contributed by atoms with van der Waals surface area (Å²) in [4.78, 5) is 29.0. The molecule has 0 saturated carbocycles. The lowest BCUT2D eigenvalue weighted by Gasteiger charge is -2.33. The van der Waals surface area contributed by atoms with Gasteiger partial charge < -0.3 is 24.6 Å². The van der Waals surface area contributed by atoms with E-state index >= 15 is 0 Å². The van der Waals surface area contributed by atoms with Crippen molar-refractivity contribution in [2.75, 3.05) is 45.8 Å². The number of amides is 2. The first kappa shape index (κ1) is 21.3. The zero-order valence-electron chi connectivity index (χ0n) is 16.1. The quantitative estimate of drug-likeness (QED) is 0.818. The number of nitrogens with zero attached hydrogens (tertiary/aromatic N) is 2. The molecule has 1 aromatic carbocycles. The molecule has 1 aromatic rings. The molecule has 0 spiro atoms. The van der Waals surface area contributed by atoms with Gasteiger partial charge in [-0.3, -0.25) is 9.59 Å². The average molecular weight is 398 g/mol. The molecule has 3 rings (SSSR count). The first-order valence-electron chi connectivity index (χ1n) is 9.05. The van der Waals surface area contributed by atoms with E-state index in [1.165, 1.54) is 0 Å². The van der Waals surface area contributed by atoms with Gasteiger partial charge in [0.25, 0.3) is 0 Å². The molecule has 2 aliphatic rings. The third kappa shape index (κ3) is 4.47. The fraction of sp³-hybridized carbons (Fsp3) is 0.579. The standard InChI is InChI=1S/C19H27N3O4.ClH/c1-21(14-6-8-20-9-7-14)19(24)13-10-18(23)22(12-13)16-5-4-15(25-2)11-17(16)26-3;/h4-5,11,13-14,20H,6-10,12H2,1-3H3;1H. The predicted octanol–water partition coefficient (Wildman–Crippen LogP) is 1.69. The largest absolute Gasteiger partial charge is 0.497 e. The van der Waals surface area contributed by atoms with Crippen molar-refractivity contribution < 1.29 is 19.1 Å². The zero-order chi connectivity index (χ0) is 18.7. The van der Waals surface area contributed by atoms with E-state index in [2.05, 4.69) is 5.32 Å². The van der Waals surface area contributed by atoms with Gasteiger partial charge in [-0.1, -0.05) is 0 Å². The van der Waals surface area contributed by atoms with E-state index in [1.807, 2.05) is 11.9 Å². The lowest BCUT2D eigenvalue weighted by Crippen LogP contribution is -2.46. The number of methoxy groups -OCH3 is 2. The minimum absolute atomic E-state index is 0. The zero-order valence-corrected chi connectivity index (χ0v) is 16.9. The fourth-order valence-electron chi connectivity index (χ4n) is 3.78. The molecule has 1 unspecified atom stereocenters. The SMILES string of the molecule is COc1ccc(N2CC(C(=O)N(C)C3CCNCC3)CC2=O)c(OC)c1.Cl. The van der Waals surface area contributed by atoms with Crippen molar-refractivity contribution in [1.29, 1.82) is 0 Å². The Morgan fingerprint density at radius 3 is 2.56 bits per heavy atom. The fourth-order valence-corrected chi connectivity index (χ4v) is 3.78. The van der Waals surface area contributed by atoms with Gasteiger partial charge >= 0.3 is 0 Å². The summed E-state index contributed by atoms with van der Waals surface area (Å²) in [5, 5.41) is 3.31. The van der Waals surface area contributed by atoms with Crippen LogP contribution in [0.15, 0.2) is 18.2 Å². The van der Waals surface area contributed by atoms with E-state index in [1.54, 1.807) is 37.3 Å². The van der Waals surface area contributed by atoms with E-state index in [-0.39, 0.29) is 42.6 Å². The molecule has 2 saturated heterocycles. The van der Waals surface area contributed by atoms with Gasteiger partial charge in [0.15, 0.2) is 0 Å². The summed E-state index contributed by atoms with van der Waals surface area (Å²) in [6.07, 6.45) is 2.15. The Morgan fingerprint density at radius 1 is 1.22 bits per heavy atom. The number of piperidine rings is 1. The van der Waals surface area contributed by atoms with Crippen LogP contribution in [0.4, 0.5) is 5.69 Å². The second-order valence-electron chi connectivity index (χ2n) is 6.87. The van der Waals surface area contributed by atoms with E-state index in [9.17, 15) is 9.59 Å². The van der Waals surface area contributed by atoms with E-state index in [0.717, 1.165) is 25.9 Å². The van der Waals surface area contributed by atoms with Crippen LogP contribution in [0.3, 0.4) is 0 Å². The van der Waals surface area contributed by atoms with Gasteiger partial charge in [0.05, 0.1) is 25.8 Å². The summed E-state index contributed by atoms with van der Waals surface area (Å²) < 4.78 is 10.6. The van der Waals surface area contributed by atoms with Crippen LogP contribution in [0, 0.1) is 5.92 Å². The Bertz CT molecular complexity index is 679. The van der Waals surface area contributed by atoms with Crippen LogP contribution in [0.5, 0.6) is 11.5 Å². The summed E-state index contributed by atoms with van der Waals surface area (Å²) in [6, 6.07) is 5.60. The summed E-state index contributed by atoms with van der Waals surface area (Å²) in [7, 11) is 5.01. The van der Waals surface area contributed by atoms with Gasteiger partial charge in [0.2, 0.25) is 11.8 Å². The minimum Gasteiger partial charge on any atom is -0.497 e. The maximum absolute atomic E-state index is 12.9. The van der Waals surface area contributed by atoms with Crippen molar-refractivity contribution in [3.63, 3.8) is 0 Å². The van der Waals surface area contributed by atoms with Crippen molar-refractivity contribution >= 4 is 29.9 Å². The normalized spacial score (nSPS) is 20.2. The molecule has 0 bridgehead atoms. The number of carbonyl (C=O) groups excluding carboxylic acids is 2.